The summed E-state index contributed by atoms with van der Waals surface area (Å²) in [5.74, 6) is 0. The molecule has 4 nitrogen and oxygen atoms in total. The molecular formula is C12H15F3N4S. The molecule has 1 atom stereocenters. The minimum absolute atomic E-state index is 0.184. The van der Waals surface area contributed by atoms with Crippen molar-refractivity contribution < 1.29 is 13.2 Å². The molecule has 0 aromatic carbocycles. The molecule has 0 bridgehead atoms. The summed E-state index contributed by atoms with van der Waals surface area (Å²) in [6, 6.07) is -0.184. The Hall–Kier alpha value is -1.41. The number of halogens is 3. The number of rotatable bonds is 5. The second-order valence-electron chi connectivity index (χ2n) is 4.43. The minimum atomic E-state index is -4.38. The van der Waals surface area contributed by atoms with Gasteiger partial charge in [0.15, 0.2) is 5.69 Å². The first-order valence-electron chi connectivity index (χ1n) is 6.13. The van der Waals surface area contributed by atoms with E-state index < -0.39 is 11.9 Å². The highest BCUT2D eigenvalue weighted by atomic mass is 32.1. The van der Waals surface area contributed by atoms with Crippen molar-refractivity contribution in [2.45, 2.75) is 32.1 Å². The summed E-state index contributed by atoms with van der Waals surface area (Å²) in [5, 5.41) is 8.77. The Balaban J connectivity index is 2.03. The van der Waals surface area contributed by atoms with Gasteiger partial charge in [-0.25, -0.2) is 4.98 Å². The number of aromatic nitrogens is 3. The Kier molecular flexibility index (Phi) is 4.44. The van der Waals surface area contributed by atoms with Crippen LogP contribution in [0.4, 0.5) is 13.2 Å². The number of alkyl halides is 3. The van der Waals surface area contributed by atoms with E-state index in [0.717, 1.165) is 22.3 Å². The molecule has 1 unspecified atom stereocenters. The van der Waals surface area contributed by atoms with Crippen LogP contribution in [0.3, 0.4) is 0 Å². The van der Waals surface area contributed by atoms with Gasteiger partial charge in [-0.15, -0.1) is 11.3 Å². The predicted octanol–water partition coefficient (Wildman–Crippen LogP) is 3.14. The molecule has 0 aliphatic carbocycles. The smallest absolute Gasteiger partial charge is 0.304 e. The van der Waals surface area contributed by atoms with Crippen LogP contribution in [0.1, 0.15) is 35.7 Å². The molecule has 0 radical (unpaired) electrons. The van der Waals surface area contributed by atoms with Gasteiger partial charge in [-0.2, -0.15) is 18.3 Å². The summed E-state index contributed by atoms with van der Waals surface area (Å²) >= 11 is 1.04. The average molecular weight is 304 g/mol. The van der Waals surface area contributed by atoms with Gasteiger partial charge >= 0.3 is 6.18 Å². The van der Waals surface area contributed by atoms with Crippen molar-refractivity contribution >= 4 is 11.3 Å². The van der Waals surface area contributed by atoms with E-state index in [-0.39, 0.29) is 6.04 Å². The minimum Gasteiger partial charge on any atom is -0.304 e. The predicted molar refractivity (Wildman–Crippen MR) is 70.2 cm³/mol. The van der Waals surface area contributed by atoms with Crippen molar-refractivity contribution in [1.29, 1.82) is 0 Å². The van der Waals surface area contributed by atoms with Crippen LogP contribution < -0.4 is 5.32 Å². The third kappa shape index (κ3) is 3.57. The van der Waals surface area contributed by atoms with E-state index in [9.17, 15) is 13.2 Å². The fourth-order valence-corrected chi connectivity index (χ4v) is 2.77. The summed E-state index contributed by atoms with van der Waals surface area (Å²) in [4.78, 5) is 3.68. The van der Waals surface area contributed by atoms with Crippen molar-refractivity contribution in [3.05, 3.63) is 34.0 Å². The molecule has 110 valence electrons. The number of thiazole rings is 1. The number of nitrogens with zero attached hydrogens (tertiary/aromatic N) is 3. The first-order valence-corrected chi connectivity index (χ1v) is 7.01. The third-order valence-corrected chi connectivity index (χ3v) is 3.79. The molecule has 2 aromatic rings. The summed E-state index contributed by atoms with van der Waals surface area (Å²) in [6.45, 7) is 2.46. The molecule has 0 fully saturated rings. The Labute approximate surface area is 118 Å². The molecule has 0 aliphatic heterocycles. The molecule has 20 heavy (non-hydrogen) atoms. The van der Waals surface area contributed by atoms with Gasteiger partial charge < -0.3 is 5.32 Å². The number of hydrogen-bond acceptors (Lipinski definition) is 4. The summed E-state index contributed by atoms with van der Waals surface area (Å²) in [7, 11) is 1.82. The van der Waals surface area contributed by atoms with Gasteiger partial charge in [-0.1, -0.05) is 6.92 Å². The maximum absolute atomic E-state index is 12.5. The standard InChI is InChI=1S/C12H15F3N4S/c1-3-9(16-4-8-5-17-19(2)6-8)11-18-10(7-20-11)12(13,14)15/h5-7,9,16H,3-4H2,1-2H3. The van der Waals surface area contributed by atoms with Gasteiger partial charge in [0.2, 0.25) is 0 Å². The number of aryl methyl sites for hydroxylation is 1. The van der Waals surface area contributed by atoms with Crippen LogP contribution in [0.15, 0.2) is 17.8 Å². The van der Waals surface area contributed by atoms with Gasteiger partial charge in [-0.05, 0) is 6.42 Å². The van der Waals surface area contributed by atoms with Gasteiger partial charge in [0.05, 0.1) is 12.2 Å². The zero-order valence-corrected chi connectivity index (χ0v) is 11.9. The van der Waals surface area contributed by atoms with E-state index in [0.29, 0.717) is 18.0 Å². The maximum Gasteiger partial charge on any atom is 0.434 e. The lowest BCUT2D eigenvalue weighted by atomic mass is 10.2. The lowest BCUT2D eigenvalue weighted by Gasteiger charge is -2.13. The molecule has 0 spiro atoms. The van der Waals surface area contributed by atoms with E-state index in [4.69, 9.17) is 0 Å². The zero-order valence-electron chi connectivity index (χ0n) is 11.1. The van der Waals surface area contributed by atoms with Crippen molar-refractivity contribution in [2.24, 2.45) is 7.05 Å². The molecule has 0 aliphatic rings. The van der Waals surface area contributed by atoms with E-state index in [1.165, 1.54) is 0 Å². The molecule has 0 saturated carbocycles. The van der Waals surface area contributed by atoms with Gasteiger partial charge in [0.1, 0.15) is 5.01 Å². The van der Waals surface area contributed by atoms with Crippen molar-refractivity contribution in [1.82, 2.24) is 20.1 Å². The Bertz CT molecular complexity index is 561. The monoisotopic (exact) mass is 304 g/mol. The molecular weight excluding hydrogens is 289 g/mol. The quantitative estimate of drug-likeness (QED) is 0.923. The molecule has 2 rings (SSSR count). The van der Waals surface area contributed by atoms with Gasteiger partial charge in [0, 0.05) is 30.7 Å². The molecule has 2 heterocycles. The molecule has 8 heteroatoms. The lowest BCUT2D eigenvalue weighted by molar-refractivity contribution is -0.140. The Morgan fingerprint density at radius 2 is 2.20 bits per heavy atom. The Morgan fingerprint density at radius 1 is 1.45 bits per heavy atom. The first-order chi connectivity index (χ1) is 9.40. The number of nitrogens with one attached hydrogen (secondary N) is 1. The van der Waals surface area contributed by atoms with E-state index in [1.807, 2.05) is 20.2 Å². The van der Waals surface area contributed by atoms with Crippen LogP contribution in [0, 0.1) is 0 Å². The third-order valence-electron chi connectivity index (χ3n) is 2.83. The highest BCUT2D eigenvalue weighted by Crippen LogP contribution is 2.32. The average Bonchev–Trinajstić information content (AvgIpc) is 2.99. The molecule has 2 aromatic heterocycles. The zero-order chi connectivity index (χ0) is 14.8. The van der Waals surface area contributed by atoms with Crippen LogP contribution in [-0.4, -0.2) is 14.8 Å². The largest absolute Gasteiger partial charge is 0.434 e. The maximum atomic E-state index is 12.5. The summed E-state index contributed by atoms with van der Waals surface area (Å²) < 4.78 is 39.3. The van der Waals surface area contributed by atoms with Crippen LogP contribution in [0.25, 0.3) is 0 Å². The normalized spacial score (nSPS) is 13.7. The van der Waals surface area contributed by atoms with Crippen LogP contribution >= 0.6 is 11.3 Å². The Morgan fingerprint density at radius 3 is 2.70 bits per heavy atom. The molecule has 0 saturated heterocycles. The summed E-state index contributed by atoms with van der Waals surface area (Å²) in [5.41, 5.74) is 0.165. The topological polar surface area (TPSA) is 42.7 Å². The first kappa shape index (κ1) is 15.0. The second kappa shape index (κ2) is 5.92. The lowest BCUT2D eigenvalue weighted by Crippen LogP contribution is -2.20. The fourth-order valence-electron chi connectivity index (χ4n) is 1.79. The van der Waals surface area contributed by atoms with Crippen LogP contribution in [0.2, 0.25) is 0 Å². The van der Waals surface area contributed by atoms with E-state index in [2.05, 4.69) is 15.4 Å². The van der Waals surface area contributed by atoms with Crippen LogP contribution in [-0.2, 0) is 19.8 Å². The fraction of sp³-hybridized carbons (Fsp3) is 0.500. The van der Waals surface area contributed by atoms with E-state index >= 15 is 0 Å². The number of hydrogen-bond donors (Lipinski definition) is 1. The van der Waals surface area contributed by atoms with Crippen molar-refractivity contribution in [3.63, 3.8) is 0 Å². The highest BCUT2D eigenvalue weighted by molar-refractivity contribution is 7.09. The highest BCUT2D eigenvalue weighted by Gasteiger charge is 2.34. The SMILES string of the molecule is CCC(NCc1cnn(C)c1)c1nc(C(F)(F)F)cs1. The molecule has 1 N–H and O–H groups in total. The van der Waals surface area contributed by atoms with Crippen LogP contribution in [0.5, 0.6) is 0 Å². The van der Waals surface area contributed by atoms with Crippen molar-refractivity contribution in [3.8, 4) is 0 Å². The summed E-state index contributed by atoms with van der Waals surface area (Å²) in [6.07, 6.45) is -0.118. The second-order valence-corrected chi connectivity index (χ2v) is 5.32. The van der Waals surface area contributed by atoms with Gasteiger partial charge in [0.25, 0.3) is 0 Å². The van der Waals surface area contributed by atoms with Crippen molar-refractivity contribution in [2.75, 3.05) is 0 Å². The van der Waals surface area contributed by atoms with Gasteiger partial charge in [-0.3, -0.25) is 4.68 Å². The molecule has 0 amide bonds. The van der Waals surface area contributed by atoms with E-state index in [1.54, 1.807) is 10.9 Å².